The summed E-state index contributed by atoms with van der Waals surface area (Å²) in [5.41, 5.74) is 3.53. The minimum atomic E-state index is -0.00326. The van der Waals surface area contributed by atoms with Crippen molar-refractivity contribution in [2.45, 2.75) is 20.3 Å². The van der Waals surface area contributed by atoms with Crippen molar-refractivity contribution in [1.29, 1.82) is 0 Å². The van der Waals surface area contributed by atoms with Crippen LogP contribution >= 0.6 is 0 Å². The fourth-order valence-corrected chi connectivity index (χ4v) is 2.40. The third kappa shape index (κ3) is 4.56. The van der Waals surface area contributed by atoms with Crippen molar-refractivity contribution in [3.63, 3.8) is 0 Å². The van der Waals surface area contributed by atoms with Gasteiger partial charge in [-0.15, -0.1) is 0 Å². The van der Waals surface area contributed by atoms with Gasteiger partial charge in [-0.25, -0.2) is 0 Å². The summed E-state index contributed by atoms with van der Waals surface area (Å²) in [7, 11) is 1.53. The van der Waals surface area contributed by atoms with Crippen LogP contribution in [0.3, 0.4) is 0 Å². The molecule has 2 aromatic rings. The first-order chi connectivity index (χ1) is 11.4. The van der Waals surface area contributed by atoms with Crippen molar-refractivity contribution in [3.05, 3.63) is 58.7 Å². The molecule has 0 heterocycles. The minimum Gasteiger partial charge on any atom is -0.508 e. The number of aromatic hydroxyl groups is 3. The summed E-state index contributed by atoms with van der Waals surface area (Å²) in [5, 5.41) is 29.2. The van der Waals surface area contributed by atoms with E-state index in [1.807, 2.05) is 19.9 Å². The maximum absolute atomic E-state index is 10.2. The van der Waals surface area contributed by atoms with Crippen molar-refractivity contribution in [1.82, 2.24) is 0 Å². The van der Waals surface area contributed by atoms with E-state index in [0.717, 1.165) is 11.1 Å². The summed E-state index contributed by atoms with van der Waals surface area (Å²) in [6, 6.07) is 7.92. The van der Waals surface area contributed by atoms with Gasteiger partial charge in [0.15, 0.2) is 11.5 Å². The first-order valence-corrected chi connectivity index (χ1v) is 7.63. The van der Waals surface area contributed by atoms with E-state index in [1.54, 1.807) is 30.4 Å². The second-order valence-corrected chi connectivity index (χ2v) is 5.83. The van der Waals surface area contributed by atoms with Gasteiger partial charge in [-0.2, -0.15) is 0 Å². The zero-order valence-corrected chi connectivity index (χ0v) is 14.1. The second kappa shape index (κ2) is 7.59. The van der Waals surface area contributed by atoms with Crippen molar-refractivity contribution < 1.29 is 20.1 Å². The van der Waals surface area contributed by atoms with Crippen molar-refractivity contribution >= 4 is 12.2 Å². The normalized spacial score (nSPS) is 10.8. The van der Waals surface area contributed by atoms with Crippen LogP contribution in [0.5, 0.6) is 23.0 Å². The van der Waals surface area contributed by atoms with Crippen LogP contribution in [0.4, 0.5) is 0 Å². The van der Waals surface area contributed by atoms with Crippen molar-refractivity contribution in [3.8, 4) is 23.0 Å². The molecule has 4 nitrogen and oxygen atoms in total. The number of rotatable bonds is 5. The molecular formula is C20H22O4. The molecule has 0 spiro atoms. The zero-order valence-electron chi connectivity index (χ0n) is 14.1. The monoisotopic (exact) mass is 326 g/mol. The lowest BCUT2D eigenvalue weighted by Crippen LogP contribution is -1.93. The van der Waals surface area contributed by atoms with Gasteiger partial charge in [0.1, 0.15) is 11.5 Å². The van der Waals surface area contributed by atoms with Crippen LogP contribution in [0.1, 0.15) is 30.5 Å². The number of methoxy groups -OCH3 is 1. The average molecular weight is 326 g/mol. The molecule has 0 unspecified atom stereocenters. The number of hydrogen-bond donors (Lipinski definition) is 3. The Morgan fingerprint density at radius 2 is 1.50 bits per heavy atom. The van der Waals surface area contributed by atoms with Crippen LogP contribution in [-0.4, -0.2) is 22.4 Å². The van der Waals surface area contributed by atoms with Crippen molar-refractivity contribution in [2.75, 3.05) is 7.11 Å². The number of phenols is 3. The van der Waals surface area contributed by atoms with E-state index in [4.69, 9.17) is 4.74 Å². The maximum Gasteiger partial charge on any atom is 0.164 e. The van der Waals surface area contributed by atoms with Gasteiger partial charge < -0.3 is 20.1 Å². The Hall–Kier alpha value is -2.88. The molecule has 0 radical (unpaired) electrons. The summed E-state index contributed by atoms with van der Waals surface area (Å²) in [6.07, 6.45) is 6.29. The summed E-state index contributed by atoms with van der Waals surface area (Å²) in [5.74, 6) is 0.545. The van der Waals surface area contributed by atoms with E-state index in [-0.39, 0.29) is 17.2 Å². The van der Waals surface area contributed by atoms with E-state index in [2.05, 4.69) is 6.08 Å². The van der Waals surface area contributed by atoms with Gasteiger partial charge in [-0.1, -0.05) is 23.8 Å². The molecule has 0 aliphatic carbocycles. The van der Waals surface area contributed by atoms with Crippen LogP contribution in [-0.2, 0) is 6.42 Å². The quantitative estimate of drug-likeness (QED) is 0.559. The van der Waals surface area contributed by atoms with E-state index < -0.39 is 0 Å². The molecule has 24 heavy (non-hydrogen) atoms. The SMILES string of the molecule is COc1c(O)cc(C=Cc2cc(O)cc(O)c2)cc1CC=C(C)C. The van der Waals surface area contributed by atoms with Crippen LogP contribution in [0, 0.1) is 0 Å². The number of ether oxygens (including phenoxy) is 1. The van der Waals surface area contributed by atoms with E-state index in [9.17, 15) is 15.3 Å². The molecule has 3 N–H and O–H groups in total. The third-order valence-corrected chi connectivity index (χ3v) is 3.50. The smallest absolute Gasteiger partial charge is 0.164 e. The molecular weight excluding hydrogens is 304 g/mol. The largest absolute Gasteiger partial charge is 0.508 e. The number of benzene rings is 2. The molecule has 0 aliphatic rings. The van der Waals surface area contributed by atoms with Gasteiger partial charge in [0, 0.05) is 11.6 Å². The highest BCUT2D eigenvalue weighted by Gasteiger charge is 2.09. The Bertz CT molecular complexity index is 764. The predicted octanol–water partition coefficient (Wildman–Crippen LogP) is 4.49. The standard InChI is InChI=1S/C20H22O4/c1-13(2)4-7-16-8-14(11-19(23)20(16)24-3)5-6-15-9-17(21)12-18(22)10-15/h4-6,8-12,21-23H,7H2,1-3H3. The Kier molecular flexibility index (Phi) is 5.53. The average Bonchev–Trinajstić information content (AvgIpc) is 2.49. The van der Waals surface area contributed by atoms with Gasteiger partial charge in [-0.3, -0.25) is 0 Å². The van der Waals surface area contributed by atoms with Gasteiger partial charge in [0.25, 0.3) is 0 Å². The molecule has 0 atom stereocenters. The first-order valence-electron chi connectivity index (χ1n) is 7.63. The second-order valence-electron chi connectivity index (χ2n) is 5.83. The lowest BCUT2D eigenvalue weighted by atomic mass is 10.0. The highest BCUT2D eigenvalue weighted by molar-refractivity contribution is 5.72. The topological polar surface area (TPSA) is 69.9 Å². The molecule has 0 aromatic heterocycles. The highest BCUT2D eigenvalue weighted by atomic mass is 16.5. The molecule has 0 fully saturated rings. The maximum atomic E-state index is 10.2. The van der Waals surface area contributed by atoms with Gasteiger partial charge >= 0.3 is 0 Å². The number of phenolic OH excluding ortho intramolecular Hbond substituents is 3. The Morgan fingerprint density at radius 3 is 2.04 bits per heavy atom. The highest BCUT2D eigenvalue weighted by Crippen LogP contribution is 2.33. The summed E-state index contributed by atoms with van der Waals surface area (Å²) in [4.78, 5) is 0. The summed E-state index contributed by atoms with van der Waals surface area (Å²) >= 11 is 0. The van der Waals surface area contributed by atoms with E-state index in [0.29, 0.717) is 17.7 Å². The van der Waals surface area contributed by atoms with Crippen LogP contribution in [0.15, 0.2) is 42.0 Å². The molecule has 0 bridgehead atoms. The van der Waals surface area contributed by atoms with Crippen LogP contribution in [0.25, 0.3) is 12.2 Å². The van der Waals surface area contributed by atoms with Crippen LogP contribution < -0.4 is 4.74 Å². The molecule has 0 saturated carbocycles. The van der Waals surface area contributed by atoms with E-state index in [1.165, 1.54) is 18.7 Å². The summed E-state index contributed by atoms with van der Waals surface area (Å²) < 4.78 is 5.29. The molecule has 0 aliphatic heterocycles. The first kappa shape index (κ1) is 17.5. The lowest BCUT2D eigenvalue weighted by molar-refractivity contribution is 0.370. The number of hydrogen-bond acceptors (Lipinski definition) is 4. The van der Waals surface area contributed by atoms with E-state index >= 15 is 0 Å². The fraction of sp³-hybridized carbons (Fsp3) is 0.200. The molecule has 4 heteroatoms. The summed E-state index contributed by atoms with van der Waals surface area (Å²) in [6.45, 7) is 4.04. The fourth-order valence-electron chi connectivity index (χ4n) is 2.40. The van der Waals surface area contributed by atoms with Gasteiger partial charge in [-0.05, 0) is 55.7 Å². The van der Waals surface area contributed by atoms with Crippen LogP contribution in [0.2, 0.25) is 0 Å². The molecule has 2 rings (SSSR count). The van der Waals surface area contributed by atoms with Crippen molar-refractivity contribution in [2.24, 2.45) is 0 Å². The minimum absolute atomic E-state index is 0.00326. The molecule has 2 aromatic carbocycles. The third-order valence-electron chi connectivity index (χ3n) is 3.50. The Morgan fingerprint density at radius 1 is 0.917 bits per heavy atom. The lowest BCUT2D eigenvalue weighted by Gasteiger charge is -2.10. The molecule has 0 amide bonds. The molecule has 126 valence electrons. The zero-order chi connectivity index (χ0) is 17.7. The molecule has 0 saturated heterocycles. The van der Waals surface area contributed by atoms with Gasteiger partial charge in [0.2, 0.25) is 0 Å². The van der Waals surface area contributed by atoms with Gasteiger partial charge in [0.05, 0.1) is 7.11 Å². The number of allylic oxidation sites excluding steroid dienone is 2. The Labute approximate surface area is 142 Å². The predicted molar refractivity (Wildman–Crippen MR) is 96.5 cm³/mol. The Balaban J connectivity index is 2.36.